The van der Waals surface area contributed by atoms with Gasteiger partial charge in [0.05, 0.1) is 0 Å². The SMILES string of the molecule is C=CCCC=C.C=CCCC=C.Cl.Cl.[Rh].[Rh]. The third kappa shape index (κ3) is 61.0. The zero-order valence-corrected chi connectivity index (χ0v) is 14.4. The van der Waals surface area contributed by atoms with Crippen LogP contribution < -0.4 is 0 Å². The van der Waals surface area contributed by atoms with Crippen LogP contribution >= 0.6 is 24.8 Å². The Bertz CT molecular complexity index is 105. The first-order valence-electron chi connectivity index (χ1n) is 4.27. The third-order valence-electron chi connectivity index (χ3n) is 1.15. The maximum atomic E-state index is 3.55. The van der Waals surface area contributed by atoms with Crippen LogP contribution in [0, 0.1) is 0 Å². The Labute approximate surface area is 139 Å². The second-order valence-electron chi connectivity index (χ2n) is 2.31. The number of rotatable bonds is 6. The summed E-state index contributed by atoms with van der Waals surface area (Å²) in [5.74, 6) is 0. The standard InChI is InChI=1S/2C6H10.2ClH.2Rh/c2*1-3-5-6-4-2;;;;/h2*3-4H,1-2,5-6H2;2*1H;;. The van der Waals surface area contributed by atoms with Crippen molar-refractivity contribution in [1.82, 2.24) is 0 Å². The van der Waals surface area contributed by atoms with E-state index in [4.69, 9.17) is 0 Å². The molecule has 0 saturated heterocycles. The van der Waals surface area contributed by atoms with Gasteiger partial charge in [0.2, 0.25) is 0 Å². The summed E-state index contributed by atoms with van der Waals surface area (Å²) in [4.78, 5) is 0. The van der Waals surface area contributed by atoms with Gasteiger partial charge in [-0.2, -0.15) is 0 Å². The zero-order valence-electron chi connectivity index (χ0n) is 9.45. The number of hydrogen-bond donors (Lipinski definition) is 0. The molecule has 2 radical (unpaired) electrons. The summed E-state index contributed by atoms with van der Waals surface area (Å²) >= 11 is 0. The molecule has 0 heterocycles. The first-order chi connectivity index (χ1) is 5.83. The number of unbranched alkanes of at least 4 members (excludes halogenated alkanes) is 2. The van der Waals surface area contributed by atoms with E-state index in [0.29, 0.717) is 0 Å². The molecule has 0 nitrogen and oxygen atoms in total. The fourth-order valence-corrected chi connectivity index (χ4v) is 0.471. The average Bonchev–Trinajstić information content (AvgIpc) is 2.12. The van der Waals surface area contributed by atoms with E-state index in [9.17, 15) is 0 Å². The summed E-state index contributed by atoms with van der Waals surface area (Å²) in [5, 5.41) is 0. The second kappa shape index (κ2) is 44.7. The minimum absolute atomic E-state index is 0. The molecule has 0 saturated carbocycles. The van der Waals surface area contributed by atoms with E-state index in [1.54, 1.807) is 0 Å². The summed E-state index contributed by atoms with van der Waals surface area (Å²) in [6.45, 7) is 14.2. The van der Waals surface area contributed by atoms with E-state index < -0.39 is 0 Å². The molecule has 0 unspecified atom stereocenters. The molecule has 0 amide bonds. The Morgan fingerprint density at radius 3 is 0.688 bits per heavy atom. The second-order valence-corrected chi connectivity index (χ2v) is 2.31. The van der Waals surface area contributed by atoms with Gasteiger partial charge in [0.25, 0.3) is 0 Å². The van der Waals surface area contributed by atoms with Gasteiger partial charge in [-0.05, 0) is 25.7 Å². The molecule has 0 bridgehead atoms. The van der Waals surface area contributed by atoms with Gasteiger partial charge in [-0.3, -0.25) is 0 Å². The van der Waals surface area contributed by atoms with Crippen LogP contribution in [0.2, 0.25) is 0 Å². The Balaban J connectivity index is -0.0000000250. The van der Waals surface area contributed by atoms with E-state index in [2.05, 4.69) is 26.3 Å². The van der Waals surface area contributed by atoms with Crippen molar-refractivity contribution in [1.29, 1.82) is 0 Å². The maximum absolute atomic E-state index is 3.55. The smallest absolute Gasteiger partial charge is 0 e. The summed E-state index contributed by atoms with van der Waals surface area (Å²) in [6, 6.07) is 0. The van der Waals surface area contributed by atoms with Crippen molar-refractivity contribution in [2.45, 2.75) is 25.7 Å². The van der Waals surface area contributed by atoms with Gasteiger partial charge < -0.3 is 0 Å². The molecule has 0 aliphatic rings. The normalized spacial score (nSPS) is 5.50. The molecule has 0 aromatic rings. The molecule has 0 rings (SSSR count). The zero-order chi connectivity index (χ0) is 9.66. The molecule has 4 heteroatoms. The largest absolute Gasteiger partial charge is 0.147 e. The molecule has 0 atom stereocenters. The minimum Gasteiger partial charge on any atom is -0.147 e. The molecule has 102 valence electrons. The molecular weight excluding hydrogens is 421 g/mol. The summed E-state index contributed by atoms with van der Waals surface area (Å²) in [7, 11) is 0. The predicted octanol–water partition coefficient (Wildman–Crippen LogP) is 5.12. The topological polar surface area (TPSA) is 0 Å². The molecule has 0 aliphatic carbocycles. The Kier molecular flexibility index (Phi) is 100. The predicted molar refractivity (Wildman–Crippen MR) is 73.8 cm³/mol. The van der Waals surface area contributed by atoms with Gasteiger partial charge >= 0.3 is 0 Å². The number of hydrogen-bond acceptors (Lipinski definition) is 0. The van der Waals surface area contributed by atoms with Crippen molar-refractivity contribution < 1.29 is 39.0 Å². The third-order valence-corrected chi connectivity index (χ3v) is 1.15. The number of halogens is 2. The van der Waals surface area contributed by atoms with E-state index >= 15 is 0 Å². The molecule has 16 heavy (non-hydrogen) atoms. The quantitative estimate of drug-likeness (QED) is 0.304. The van der Waals surface area contributed by atoms with Gasteiger partial charge in [-0.1, -0.05) is 24.3 Å². The van der Waals surface area contributed by atoms with Crippen molar-refractivity contribution in [2.75, 3.05) is 0 Å². The van der Waals surface area contributed by atoms with Crippen LogP contribution in [0.25, 0.3) is 0 Å². The molecule has 0 aromatic carbocycles. The van der Waals surface area contributed by atoms with Gasteiger partial charge in [0, 0.05) is 39.0 Å². The van der Waals surface area contributed by atoms with E-state index in [0.717, 1.165) is 25.7 Å². The first-order valence-corrected chi connectivity index (χ1v) is 4.27. The van der Waals surface area contributed by atoms with Crippen molar-refractivity contribution in [3.05, 3.63) is 50.6 Å². The molecule has 0 N–H and O–H groups in total. The van der Waals surface area contributed by atoms with Crippen molar-refractivity contribution >= 4 is 24.8 Å². The maximum Gasteiger partial charge on any atom is 0 e. The monoisotopic (exact) mass is 442 g/mol. The van der Waals surface area contributed by atoms with E-state index in [1.165, 1.54) is 0 Å². The summed E-state index contributed by atoms with van der Waals surface area (Å²) < 4.78 is 0. The minimum atomic E-state index is 0. The van der Waals surface area contributed by atoms with E-state index in [1.807, 2.05) is 24.3 Å². The van der Waals surface area contributed by atoms with Gasteiger partial charge in [0.15, 0.2) is 0 Å². The van der Waals surface area contributed by atoms with Gasteiger partial charge in [-0.15, -0.1) is 51.1 Å². The van der Waals surface area contributed by atoms with Crippen LogP contribution in [0.5, 0.6) is 0 Å². The van der Waals surface area contributed by atoms with Crippen LogP contribution in [0.1, 0.15) is 25.7 Å². The van der Waals surface area contributed by atoms with Crippen LogP contribution in [0.3, 0.4) is 0 Å². The average molecular weight is 443 g/mol. The molecule has 0 aliphatic heterocycles. The molecule has 0 spiro atoms. The Hall–Kier alpha value is 0.787. The number of allylic oxidation sites excluding steroid dienone is 4. The van der Waals surface area contributed by atoms with Crippen LogP contribution in [-0.4, -0.2) is 0 Å². The molecule has 0 fully saturated rings. The van der Waals surface area contributed by atoms with Gasteiger partial charge in [0.1, 0.15) is 0 Å². The van der Waals surface area contributed by atoms with Crippen LogP contribution in [0.15, 0.2) is 50.6 Å². The first kappa shape index (κ1) is 36.0. The van der Waals surface area contributed by atoms with E-state index in [-0.39, 0.29) is 63.8 Å². The summed E-state index contributed by atoms with van der Waals surface area (Å²) in [6.07, 6.45) is 11.8. The molecular formula is C12H22Cl2Rh2. The fraction of sp³-hybridized carbons (Fsp3) is 0.333. The van der Waals surface area contributed by atoms with Gasteiger partial charge in [-0.25, -0.2) is 0 Å². The van der Waals surface area contributed by atoms with Crippen molar-refractivity contribution in [3.63, 3.8) is 0 Å². The van der Waals surface area contributed by atoms with Crippen LogP contribution in [0.4, 0.5) is 0 Å². The Morgan fingerprint density at radius 1 is 0.500 bits per heavy atom. The van der Waals surface area contributed by atoms with Crippen molar-refractivity contribution in [2.24, 2.45) is 0 Å². The fourth-order valence-electron chi connectivity index (χ4n) is 0.471. The van der Waals surface area contributed by atoms with Crippen molar-refractivity contribution in [3.8, 4) is 0 Å². The molecule has 0 aromatic heterocycles. The summed E-state index contributed by atoms with van der Waals surface area (Å²) in [5.41, 5.74) is 0. The van der Waals surface area contributed by atoms with Crippen LogP contribution in [-0.2, 0) is 39.0 Å². The Morgan fingerprint density at radius 2 is 0.625 bits per heavy atom.